The van der Waals surface area contributed by atoms with Crippen molar-refractivity contribution in [2.45, 2.75) is 25.8 Å². The van der Waals surface area contributed by atoms with Gasteiger partial charge >= 0.3 is 18.1 Å². The Balaban J connectivity index is 2.59. The van der Waals surface area contributed by atoms with Crippen LogP contribution in [0.15, 0.2) is 18.2 Å². The molecule has 4 nitrogen and oxygen atoms in total. The molecule has 21 heavy (non-hydrogen) atoms. The summed E-state index contributed by atoms with van der Waals surface area (Å²) in [6, 6.07) is 3.72. The van der Waals surface area contributed by atoms with Gasteiger partial charge in [-0.25, -0.2) is 4.79 Å². The lowest BCUT2D eigenvalue weighted by Gasteiger charge is -2.39. The van der Waals surface area contributed by atoms with Crippen molar-refractivity contribution in [1.29, 1.82) is 0 Å². The number of rotatable bonds is 3. The van der Waals surface area contributed by atoms with Crippen LogP contribution >= 0.6 is 11.6 Å². The van der Waals surface area contributed by atoms with Gasteiger partial charge in [0.15, 0.2) is 0 Å². The highest BCUT2D eigenvalue weighted by molar-refractivity contribution is 6.30. The van der Waals surface area contributed by atoms with Gasteiger partial charge in [0.2, 0.25) is 0 Å². The van der Waals surface area contributed by atoms with E-state index >= 15 is 0 Å². The van der Waals surface area contributed by atoms with Crippen molar-refractivity contribution in [2.24, 2.45) is 5.92 Å². The molecule has 1 amide bonds. The van der Waals surface area contributed by atoms with E-state index in [2.05, 4.69) is 10.1 Å². The molecule has 0 saturated carbocycles. The Hall–Kier alpha value is -1.47. The second-order valence-corrected chi connectivity index (χ2v) is 5.46. The van der Waals surface area contributed by atoms with Gasteiger partial charge in [-0.3, -0.25) is 5.32 Å². The van der Waals surface area contributed by atoms with Crippen molar-refractivity contribution in [3.63, 3.8) is 0 Å². The largest absolute Gasteiger partial charge is 0.460 e. The van der Waals surface area contributed by atoms with Crippen molar-refractivity contribution in [1.82, 2.24) is 0 Å². The number of alkyl halides is 3. The number of amides is 1. The number of fused-ring (bicyclic) bond motifs is 1. The minimum atomic E-state index is -4.95. The summed E-state index contributed by atoms with van der Waals surface area (Å²) in [6.07, 6.45) is -6.18. The fourth-order valence-electron chi connectivity index (χ4n) is 1.90. The Labute approximate surface area is 124 Å². The quantitative estimate of drug-likeness (QED) is 0.902. The normalized spacial score (nSPS) is 21.8. The molecule has 1 heterocycles. The van der Waals surface area contributed by atoms with E-state index in [0.29, 0.717) is 0 Å². The number of hydrogen-bond donors (Lipinski definition) is 1. The minimum absolute atomic E-state index is 0.0447. The SMILES string of the molecule is CC(C)CO[C@]1(C(F)(F)F)OC(=O)Nc2ccc(Cl)cc21. The average molecular weight is 324 g/mol. The third kappa shape index (κ3) is 2.94. The van der Waals surface area contributed by atoms with Crippen LogP contribution < -0.4 is 5.32 Å². The van der Waals surface area contributed by atoms with Gasteiger partial charge in [-0.15, -0.1) is 0 Å². The van der Waals surface area contributed by atoms with Crippen LogP contribution in [0.5, 0.6) is 0 Å². The van der Waals surface area contributed by atoms with E-state index in [9.17, 15) is 18.0 Å². The standard InChI is InChI=1S/C13H13ClF3NO3/c1-7(2)6-20-12(13(15,16)17)9-5-8(14)3-4-10(9)18-11(19)21-12/h3-5,7H,6H2,1-2H3,(H,18,19)/t12-/m0/s1. The Kier molecular flexibility index (Phi) is 4.08. The summed E-state index contributed by atoms with van der Waals surface area (Å²) in [5.41, 5.74) is -0.417. The van der Waals surface area contributed by atoms with Gasteiger partial charge in [-0.05, 0) is 24.1 Å². The molecule has 1 aromatic carbocycles. The van der Waals surface area contributed by atoms with E-state index in [1.807, 2.05) is 0 Å². The zero-order valence-electron chi connectivity index (χ0n) is 11.3. The van der Waals surface area contributed by atoms with Crippen molar-refractivity contribution in [3.05, 3.63) is 28.8 Å². The topological polar surface area (TPSA) is 47.6 Å². The maximum atomic E-state index is 13.6. The van der Waals surface area contributed by atoms with E-state index in [4.69, 9.17) is 16.3 Å². The molecule has 0 spiro atoms. The highest BCUT2D eigenvalue weighted by Gasteiger charge is 2.64. The molecule has 2 rings (SSSR count). The molecule has 1 N–H and O–H groups in total. The van der Waals surface area contributed by atoms with Crippen LogP contribution in [0.2, 0.25) is 5.02 Å². The van der Waals surface area contributed by atoms with Crippen LogP contribution in [0.1, 0.15) is 19.4 Å². The summed E-state index contributed by atoms with van der Waals surface area (Å²) in [6.45, 7) is 3.14. The summed E-state index contributed by atoms with van der Waals surface area (Å²) in [7, 11) is 0. The zero-order valence-corrected chi connectivity index (χ0v) is 12.0. The third-order valence-electron chi connectivity index (χ3n) is 2.80. The van der Waals surface area contributed by atoms with Gasteiger partial charge < -0.3 is 9.47 Å². The Bertz CT molecular complexity index is 562. The molecule has 0 aliphatic carbocycles. The van der Waals surface area contributed by atoms with Gasteiger partial charge in [-0.1, -0.05) is 25.4 Å². The van der Waals surface area contributed by atoms with Gasteiger partial charge in [-0.2, -0.15) is 13.2 Å². The van der Waals surface area contributed by atoms with E-state index < -0.39 is 18.1 Å². The fourth-order valence-corrected chi connectivity index (χ4v) is 2.07. The second-order valence-electron chi connectivity index (χ2n) is 5.02. The molecule has 0 radical (unpaired) electrons. The summed E-state index contributed by atoms with van der Waals surface area (Å²) in [5.74, 6) is -3.33. The maximum Gasteiger partial charge on any atom is 0.460 e. The van der Waals surface area contributed by atoms with E-state index in [1.165, 1.54) is 12.1 Å². The monoisotopic (exact) mass is 323 g/mol. The first-order valence-corrected chi connectivity index (χ1v) is 6.54. The number of cyclic esters (lactones) is 1. The number of carbonyl (C=O) groups is 1. The highest BCUT2D eigenvalue weighted by Crippen LogP contribution is 2.49. The van der Waals surface area contributed by atoms with Gasteiger partial charge in [0.1, 0.15) is 0 Å². The lowest BCUT2D eigenvalue weighted by atomic mass is 10.0. The van der Waals surface area contributed by atoms with Crippen molar-refractivity contribution < 1.29 is 27.4 Å². The summed E-state index contributed by atoms with van der Waals surface area (Å²) >= 11 is 5.76. The number of anilines is 1. The van der Waals surface area contributed by atoms with Crippen LogP contribution in [0.4, 0.5) is 23.7 Å². The lowest BCUT2D eigenvalue weighted by Crippen LogP contribution is -2.52. The maximum absolute atomic E-state index is 13.6. The predicted octanol–water partition coefficient (Wildman–Crippen LogP) is 4.29. The van der Waals surface area contributed by atoms with Gasteiger partial charge in [0, 0.05) is 5.02 Å². The first-order valence-electron chi connectivity index (χ1n) is 6.16. The third-order valence-corrected chi connectivity index (χ3v) is 3.04. The van der Waals surface area contributed by atoms with Gasteiger partial charge in [0.25, 0.3) is 0 Å². The Morgan fingerprint density at radius 3 is 2.67 bits per heavy atom. The van der Waals surface area contributed by atoms with Crippen LogP contribution in [0, 0.1) is 5.92 Å². The van der Waals surface area contributed by atoms with Crippen LogP contribution in [0.3, 0.4) is 0 Å². The first kappa shape index (κ1) is 15.9. The van der Waals surface area contributed by atoms with E-state index in [0.717, 1.165) is 6.07 Å². The number of nitrogens with one attached hydrogen (secondary N) is 1. The molecule has 116 valence electrons. The van der Waals surface area contributed by atoms with Crippen molar-refractivity contribution in [3.8, 4) is 0 Å². The molecule has 1 atom stereocenters. The van der Waals surface area contributed by atoms with Gasteiger partial charge in [0.05, 0.1) is 17.9 Å². The molecular formula is C13H13ClF3NO3. The number of carbonyl (C=O) groups excluding carboxylic acids is 1. The van der Waals surface area contributed by atoms with Crippen molar-refractivity contribution >= 4 is 23.4 Å². The number of hydrogen-bond acceptors (Lipinski definition) is 3. The average Bonchev–Trinajstić information content (AvgIpc) is 2.35. The summed E-state index contributed by atoms with van der Waals surface area (Å²) in [5, 5.41) is 2.28. The molecular weight excluding hydrogens is 311 g/mol. The Morgan fingerprint density at radius 1 is 1.43 bits per heavy atom. The molecule has 1 aliphatic rings. The molecule has 8 heteroatoms. The zero-order chi connectivity index (χ0) is 15.8. The molecule has 1 aromatic rings. The lowest BCUT2D eigenvalue weighted by molar-refractivity contribution is -0.373. The number of halogens is 4. The minimum Gasteiger partial charge on any atom is -0.402 e. The highest BCUT2D eigenvalue weighted by atomic mass is 35.5. The van der Waals surface area contributed by atoms with Crippen LogP contribution in [-0.2, 0) is 15.3 Å². The van der Waals surface area contributed by atoms with E-state index in [-0.39, 0.29) is 28.8 Å². The smallest absolute Gasteiger partial charge is 0.402 e. The first-order chi connectivity index (χ1) is 9.65. The summed E-state index contributed by atoms with van der Waals surface area (Å²) in [4.78, 5) is 11.5. The molecule has 0 aromatic heterocycles. The number of benzene rings is 1. The predicted molar refractivity (Wildman–Crippen MR) is 70.1 cm³/mol. The number of ether oxygens (including phenoxy) is 2. The molecule has 0 bridgehead atoms. The van der Waals surface area contributed by atoms with E-state index in [1.54, 1.807) is 13.8 Å². The molecule has 1 aliphatic heterocycles. The summed E-state index contributed by atoms with van der Waals surface area (Å²) < 4.78 is 50.2. The second kappa shape index (κ2) is 5.38. The molecule has 0 saturated heterocycles. The van der Waals surface area contributed by atoms with Crippen LogP contribution in [-0.4, -0.2) is 18.9 Å². The molecule has 0 unspecified atom stereocenters. The molecule has 0 fully saturated rings. The Morgan fingerprint density at radius 2 is 2.10 bits per heavy atom. The van der Waals surface area contributed by atoms with Crippen LogP contribution in [0.25, 0.3) is 0 Å². The van der Waals surface area contributed by atoms with Crippen molar-refractivity contribution in [2.75, 3.05) is 11.9 Å². The fraction of sp³-hybridized carbons (Fsp3) is 0.462.